The smallest absolute Gasteiger partial charge is 0.0701 e. The molecular formula is C12H20BrNS. The highest BCUT2D eigenvalue weighted by atomic mass is 79.9. The second-order valence-electron chi connectivity index (χ2n) is 4.32. The van der Waals surface area contributed by atoms with Crippen LogP contribution in [0.5, 0.6) is 0 Å². The number of halogens is 1. The Morgan fingerprint density at radius 1 is 1.47 bits per heavy atom. The molecule has 1 aromatic rings. The number of hydrogen-bond donors (Lipinski definition) is 1. The summed E-state index contributed by atoms with van der Waals surface area (Å²) in [6.45, 7) is 7.87. The molecule has 1 heterocycles. The summed E-state index contributed by atoms with van der Waals surface area (Å²) in [5.41, 5.74) is 1.43. The average Bonchev–Trinajstić information content (AvgIpc) is 2.58. The predicted molar refractivity (Wildman–Crippen MR) is 72.5 cm³/mol. The van der Waals surface area contributed by atoms with E-state index in [-0.39, 0.29) is 0 Å². The van der Waals surface area contributed by atoms with Crippen LogP contribution in [-0.4, -0.2) is 6.54 Å². The number of nitrogens with one attached hydrogen (secondary N) is 1. The normalized spacial score (nSPS) is 13.4. The summed E-state index contributed by atoms with van der Waals surface area (Å²) in [6.07, 6.45) is 2.41. The molecule has 1 nitrogen and oxygen atoms in total. The molecule has 1 unspecified atom stereocenters. The second-order valence-corrected chi connectivity index (χ2v) is 6.61. The Labute approximate surface area is 105 Å². The molecule has 3 heteroatoms. The van der Waals surface area contributed by atoms with E-state index in [1.54, 1.807) is 11.3 Å². The van der Waals surface area contributed by atoms with Crippen molar-refractivity contribution in [1.29, 1.82) is 0 Å². The van der Waals surface area contributed by atoms with Gasteiger partial charge < -0.3 is 5.32 Å². The van der Waals surface area contributed by atoms with Gasteiger partial charge in [0.25, 0.3) is 0 Å². The maximum absolute atomic E-state index is 3.62. The van der Waals surface area contributed by atoms with Crippen LogP contribution in [0.15, 0.2) is 15.2 Å². The molecule has 15 heavy (non-hydrogen) atoms. The van der Waals surface area contributed by atoms with Gasteiger partial charge in [-0.25, -0.2) is 0 Å². The zero-order chi connectivity index (χ0) is 11.3. The molecule has 1 rings (SSSR count). The van der Waals surface area contributed by atoms with Crippen molar-refractivity contribution in [2.75, 3.05) is 6.54 Å². The van der Waals surface area contributed by atoms with Gasteiger partial charge in [-0.2, -0.15) is 0 Å². The molecule has 0 saturated carbocycles. The van der Waals surface area contributed by atoms with Gasteiger partial charge in [0.05, 0.1) is 3.79 Å². The molecule has 1 aromatic heterocycles. The Bertz CT molecular complexity index is 283. The van der Waals surface area contributed by atoms with Gasteiger partial charge in [0.2, 0.25) is 0 Å². The molecule has 1 N–H and O–H groups in total. The van der Waals surface area contributed by atoms with Crippen molar-refractivity contribution < 1.29 is 0 Å². The van der Waals surface area contributed by atoms with Gasteiger partial charge in [-0.05, 0) is 58.2 Å². The highest BCUT2D eigenvalue weighted by molar-refractivity contribution is 9.11. The van der Waals surface area contributed by atoms with Crippen molar-refractivity contribution in [3.63, 3.8) is 0 Å². The van der Waals surface area contributed by atoms with Gasteiger partial charge in [-0.15, -0.1) is 11.3 Å². The SMILES string of the molecule is CCCNC(CC(C)C)c1csc(Br)c1. The molecule has 0 radical (unpaired) electrons. The summed E-state index contributed by atoms with van der Waals surface area (Å²) >= 11 is 5.30. The molecule has 0 aromatic carbocycles. The van der Waals surface area contributed by atoms with Crippen LogP contribution in [0.4, 0.5) is 0 Å². The molecule has 0 saturated heterocycles. The van der Waals surface area contributed by atoms with Crippen LogP contribution in [0.3, 0.4) is 0 Å². The van der Waals surface area contributed by atoms with Crippen molar-refractivity contribution in [1.82, 2.24) is 5.32 Å². The van der Waals surface area contributed by atoms with Crippen LogP contribution in [-0.2, 0) is 0 Å². The standard InChI is InChI=1S/C12H20BrNS/c1-4-5-14-11(6-9(2)3)10-7-12(13)15-8-10/h7-9,11,14H,4-6H2,1-3H3. The molecule has 0 amide bonds. The fourth-order valence-corrected chi connectivity index (χ4v) is 2.86. The lowest BCUT2D eigenvalue weighted by molar-refractivity contribution is 0.431. The first-order valence-corrected chi connectivity index (χ1v) is 7.28. The lowest BCUT2D eigenvalue weighted by Crippen LogP contribution is -2.23. The van der Waals surface area contributed by atoms with Crippen molar-refractivity contribution in [3.8, 4) is 0 Å². The third kappa shape index (κ3) is 4.66. The van der Waals surface area contributed by atoms with Gasteiger partial charge in [-0.3, -0.25) is 0 Å². The Hall–Kier alpha value is 0.140. The van der Waals surface area contributed by atoms with E-state index >= 15 is 0 Å². The monoisotopic (exact) mass is 289 g/mol. The summed E-state index contributed by atoms with van der Waals surface area (Å²) < 4.78 is 1.23. The lowest BCUT2D eigenvalue weighted by Gasteiger charge is -2.19. The van der Waals surface area contributed by atoms with Crippen LogP contribution >= 0.6 is 27.3 Å². The minimum absolute atomic E-state index is 0.521. The van der Waals surface area contributed by atoms with Crippen molar-refractivity contribution in [3.05, 3.63) is 20.8 Å². The van der Waals surface area contributed by atoms with E-state index in [4.69, 9.17) is 0 Å². The summed E-state index contributed by atoms with van der Waals surface area (Å²) in [4.78, 5) is 0. The Balaban J connectivity index is 2.62. The van der Waals surface area contributed by atoms with Crippen LogP contribution in [0.1, 0.15) is 45.2 Å². The molecule has 0 spiro atoms. The van der Waals surface area contributed by atoms with Crippen molar-refractivity contribution >= 4 is 27.3 Å². The van der Waals surface area contributed by atoms with Crippen LogP contribution in [0.25, 0.3) is 0 Å². The minimum Gasteiger partial charge on any atom is -0.310 e. The summed E-state index contributed by atoms with van der Waals surface area (Å²) in [5, 5.41) is 5.87. The van der Waals surface area contributed by atoms with Crippen molar-refractivity contribution in [2.45, 2.75) is 39.7 Å². The quantitative estimate of drug-likeness (QED) is 0.807. The first kappa shape index (κ1) is 13.2. The Morgan fingerprint density at radius 2 is 2.20 bits per heavy atom. The fraction of sp³-hybridized carbons (Fsp3) is 0.667. The molecule has 1 atom stereocenters. The van der Waals surface area contributed by atoms with E-state index < -0.39 is 0 Å². The van der Waals surface area contributed by atoms with Gasteiger partial charge in [-0.1, -0.05) is 20.8 Å². The molecule has 0 fully saturated rings. The summed E-state index contributed by atoms with van der Waals surface area (Å²) in [6, 6.07) is 2.76. The molecule has 0 aliphatic rings. The van der Waals surface area contributed by atoms with E-state index in [2.05, 4.69) is 53.5 Å². The number of hydrogen-bond acceptors (Lipinski definition) is 2. The van der Waals surface area contributed by atoms with Crippen molar-refractivity contribution in [2.24, 2.45) is 5.92 Å². The van der Waals surface area contributed by atoms with Crippen LogP contribution in [0.2, 0.25) is 0 Å². The Morgan fingerprint density at radius 3 is 2.67 bits per heavy atom. The molecule has 86 valence electrons. The molecule has 0 bridgehead atoms. The van der Waals surface area contributed by atoms with E-state index in [0.717, 1.165) is 12.5 Å². The number of thiophene rings is 1. The van der Waals surface area contributed by atoms with E-state index in [1.807, 2.05) is 0 Å². The van der Waals surface area contributed by atoms with Gasteiger partial charge in [0.1, 0.15) is 0 Å². The van der Waals surface area contributed by atoms with Gasteiger partial charge in [0.15, 0.2) is 0 Å². The molecule has 0 aliphatic carbocycles. The zero-order valence-electron chi connectivity index (χ0n) is 9.72. The summed E-state index contributed by atoms with van der Waals surface area (Å²) in [5.74, 6) is 0.734. The molecule has 0 aliphatic heterocycles. The maximum atomic E-state index is 3.62. The number of rotatable bonds is 6. The maximum Gasteiger partial charge on any atom is 0.0701 e. The van der Waals surface area contributed by atoms with E-state index in [0.29, 0.717) is 6.04 Å². The van der Waals surface area contributed by atoms with Gasteiger partial charge >= 0.3 is 0 Å². The average molecular weight is 290 g/mol. The van der Waals surface area contributed by atoms with E-state index in [1.165, 1.54) is 22.2 Å². The zero-order valence-corrected chi connectivity index (χ0v) is 12.1. The third-order valence-electron chi connectivity index (χ3n) is 2.34. The topological polar surface area (TPSA) is 12.0 Å². The first-order chi connectivity index (χ1) is 7.13. The highest BCUT2D eigenvalue weighted by Crippen LogP contribution is 2.28. The molecular weight excluding hydrogens is 270 g/mol. The van der Waals surface area contributed by atoms with E-state index in [9.17, 15) is 0 Å². The lowest BCUT2D eigenvalue weighted by atomic mass is 9.99. The highest BCUT2D eigenvalue weighted by Gasteiger charge is 2.13. The Kier molecular flexibility index (Phi) is 5.87. The largest absolute Gasteiger partial charge is 0.310 e. The van der Waals surface area contributed by atoms with Crippen LogP contribution < -0.4 is 5.32 Å². The second kappa shape index (κ2) is 6.66. The van der Waals surface area contributed by atoms with Crippen LogP contribution in [0, 0.1) is 5.92 Å². The fourth-order valence-electron chi connectivity index (χ4n) is 1.63. The predicted octanol–water partition coefficient (Wildman–Crippen LogP) is 4.60. The first-order valence-electron chi connectivity index (χ1n) is 5.60. The summed E-state index contributed by atoms with van der Waals surface area (Å²) in [7, 11) is 0. The minimum atomic E-state index is 0.521. The third-order valence-corrected chi connectivity index (χ3v) is 3.86. The van der Waals surface area contributed by atoms with Gasteiger partial charge in [0, 0.05) is 6.04 Å².